The van der Waals surface area contributed by atoms with Crippen LogP contribution in [0.4, 0.5) is 0 Å². The van der Waals surface area contributed by atoms with Crippen LogP contribution in [0.1, 0.15) is 46.4 Å². The van der Waals surface area contributed by atoms with E-state index < -0.39 is 0 Å². The predicted octanol–water partition coefficient (Wildman–Crippen LogP) is 4.78. The van der Waals surface area contributed by atoms with Crippen molar-refractivity contribution >= 4 is 34.5 Å². The summed E-state index contributed by atoms with van der Waals surface area (Å²) in [5.74, 6) is 0. The SMILES string of the molecule is Clc1cccc(Cl)c1C(NC1CC1)c1nc2c(s1)CCC2. The zero-order valence-corrected chi connectivity index (χ0v) is 13.9. The number of hydrogen-bond donors (Lipinski definition) is 1. The fourth-order valence-corrected chi connectivity index (χ4v) is 4.72. The first-order valence-corrected chi connectivity index (χ1v) is 8.98. The molecular formula is C16H16Cl2N2S. The number of nitrogens with one attached hydrogen (secondary N) is 1. The average Bonchev–Trinajstić information content (AvgIpc) is 3.01. The number of nitrogens with zero attached hydrogens (tertiary/aromatic N) is 1. The van der Waals surface area contributed by atoms with Crippen molar-refractivity contribution in [2.24, 2.45) is 0 Å². The van der Waals surface area contributed by atoms with Gasteiger partial charge < -0.3 is 5.32 Å². The molecule has 1 fully saturated rings. The maximum atomic E-state index is 6.42. The van der Waals surface area contributed by atoms with Crippen LogP contribution in [0.25, 0.3) is 0 Å². The minimum absolute atomic E-state index is 0.0225. The Morgan fingerprint density at radius 3 is 2.62 bits per heavy atom. The summed E-state index contributed by atoms with van der Waals surface area (Å²) in [6, 6.07) is 6.30. The molecule has 0 bridgehead atoms. The summed E-state index contributed by atoms with van der Waals surface area (Å²) >= 11 is 14.7. The van der Waals surface area contributed by atoms with Crippen molar-refractivity contribution in [2.45, 2.75) is 44.2 Å². The second kappa shape index (κ2) is 5.54. The third-order valence-corrected chi connectivity index (χ3v) is 6.01. The number of aryl methyl sites for hydroxylation is 2. The van der Waals surface area contributed by atoms with Crippen molar-refractivity contribution in [2.75, 3.05) is 0 Å². The van der Waals surface area contributed by atoms with Crippen LogP contribution < -0.4 is 5.32 Å². The van der Waals surface area contributed by atoms with Crippen LogP contribution in [-0.4, -0.2) is 11.0 Å². The monoisotopic (exact) mass is 338 g/mol. The third kappa shape index (κ3) is 2.72. The van der Waals surface area contributed by atoms with E-state index in [2.05, 4.69) is 5.32 Å². The molecule has 2 aromatic rings. The van der Waals surface area contributed by atoms with Crippen molar-refractivity contribution in [1.82, 2.24) is 10.3 Å². The van der Waals surface area contributed by atoms with E-state index in [1.807, 2.05) is 29.5 Å². The molecule has 1 aromatic heterocycles. The standard InChI is InChI=1S/C16H16Cl2N2S/c17-10-3-1-4-11(18)14(10)15(19-9-7-8-9)16-20-12-5-2-6-13(12)21-16/h1,3-4,9,15,19H,2,5-8H2. The highest BCUT2D eigenvalue weighted by atomic mass is 35.5. The van der Waals surface area contributed by atoms with E-state index >= 15 is 0 Å². The van der Waals surface area contributed by atoms with Crippen LogP contribution in [0.5, 0.6) is 0 Å². The molecule has 2 aliphatic rings. The van der Waals surface area contributed by atoms with Gasteiger partial charge in [0.1, 0.15) is 5.01 Å². The first-order valence-electron chi connectivity index (χ1n) is 7.41. The lowest BCUT2D eigenvalue weighted by atomic mass is 10.1. The van der Waals surface area contributed by atoms with Crippen molar-refractivity contribution in [3.8, 4) is 0 Å². The number of rotatable bonds is 4. The fourth-order valence-electron chi connectivity index (χ4n) is 2.88. The number of thiazole rings is 1. The summed E-state index contributed by atoms with van der Waals surface area (Å²) in [4.78, 5) is 6.31. The second-order valence-electron chi connectivity index (χ2n) is 5.78. The molecule has 1 N–H and O–H groups in total. The summed E-state index contributed by atoms with van der Waals surface area (Å²) in [6.07, 6.45) is 5.97. The molecule has 0 aliphatic heterocycles. The lowest BCUT2D eigenvalue weighted by molar-refractivity contribution is 0.597. The topological polar surface area (TPSA) is 24.9 Å². The van der Waals surface area contributed by atoms with E-state index in [1.54, 1.807) is 0 Å². The van der Waals surface area contributed by atoms with Crippen LogP contribution in [0, 0.1) is 0 Å². The summed E-state index contributed by atoms with van der Waals surface area (Å²) in [7, 11) is 0. The van der Waals surface area contributed by atoms with Crippen LogP contribution >= 0.6 is 34.5 Å². The average molecular weight is 339 g/mol. The maximum Gasteiger partial charge on any atom is 0.115 e. The van der Waals surface area contributed by atoms with E-state index in [9.17, 15) is 0 Å². The highest BCUT2D eigenvalue weighted by Crippen LogP contribution is 2.40. The van der Waals surface area contributed by atoms with Crippen LogP contribution in [0.15, 0.2) is 18.2 Å². The van der Waals surface area contributed by atoms with E-state index in [0.717, 1.165) is 27.0 Å². The first kappa shape index (κ1) is 14.0. The Labute approximate surface area is 138 Å². The van der Waals surface area contributed by atoms with Gasteiger partial charge in [-0.1, -0.05) is 29.3 Å². The molecule has 1 aromatic carbocycles. The zero-order chi connectivity index (χ0) is 14.4. The first-order chi connectivity index (χ1) is 10.2. The van der Waals surface area contributed by atoms with Gasteiger partial charge in [0.25, 0.3) is 0 Å². The Kier molecular flexibility index (Phi) is 3.70. The highest BCUT2D eigenvalue weighted by molar-refractivity contribution is 7.11. The number of benzene rings is 1. The van der Waals surface area contributed by atoms with Gasteiger partial charge in [-0.25, -0.2) is 4.98 Å². The van der Waals surface area contributed by atoms with Gasteiger partial charge in [0.05, 0.1) is 11.7 Å². The van der Waals surface area contributed by atoms with Crippen LogP contribution in [0.3, 0.4) is 0 Å². The quantitative estimate of drug-likeness (QED) is 0.867. The molecule has 0 spiro atoms. The Morgan fingerprint density at radius 2 is 1.95 bits per heavy atom. The van der Waals surface area contributed by atoms with E-state index in [4.69, 9.17) is 28.2 Å². The maximum absolute atomic E-state index is 6.42. The largest absolute Gasteiger partial charge is 0.301 e. The van der Waals surface area contributed by atoms with Crippen LogP contribution in [-0.2, 0) is 12.8 Å². The highest BCUT2D eigenvalue weighted by Gasteiger charge is 2.31. The normalized spacial score (nSPS) is 18.8. The number of halogens is 2. The summed E-state index contributed by atoms with van der Waals surface area (Å²) in [6.45, 7) is 0. The van der Waals surface area contributed by atoms with Crippen molar-refractivity contribution in [1.29, 1.82) is 0 Å². The Bertz CT molecular complexity index is 637. The van der Waals surface area contributed by atoms with Crippen molar-refractivity contribution in [3.05, 3.63) is 49.4 Å². The molecule has 110 valence electrons. The van der Waals surface area contributed by atoms with Gasteiger partial charge in [0, 0.05) is 26.5 Å². The van der Waals surface area contributed by atoms with Gasteiger partial charge in [0.2, 0.25) is 0 Å². The van der Waals surface area contributed by atoms with Gasteiger partial charge in [-0.05, 0) is 44.2 Å². The molecule has 1 unspecified atom stereocenters. The van der Waals surface area contributed by atoms with E-state index in [-0.39, 0.29) is 6.04 Å². The molecular weight excluding hydrogens is 323 g/mol. The summed E-state index contributed by atoms with van der Waals surface area (Å²) in [5, 5.41) is 6.22. The minimum atomic E-state index is 0.0225. The zero-order valence-electron chi connectivity index (χ0n) is 11.5. The molecule has 1 saturated carbocycles. The molecule has 1 heterocycles. The minimum Gasteiger partial charge on any atom is -0.301 e. The third-order valence-electron chi connectivity index (χ3n) is 4.13. The molecule has 0 saturated heterocycles. The number of aromatic nitrogens is 1. The van der Waals surface area contributed by atoms with E-state index in [0.29, 0.717) is 6.04 Å². The van der Waals surface area contributed by atoms with Crippen molar-refractivity contribution in [3.63, 3.8) is 0 Å². The van der Waals surface area contributed by atoms with Gasteiger partial charge in [-0.3, -0.25) is 0 Å². The smallest absolute Gasteiger partial charge is 0.115 e. The molecule has 4 rings (SSSR count). The Hall–Kier alpha value is -0.610. The lowest BCUT2D eigenvalue weighted by Crippen LogP contribution is -2.25. The van der Waals surface area contributed by atoms with E-state index in [1.165, 1.54) is 36.3 Å². The molecule has 21 heavy (non-hydrogen) atoms. The molecule has 1 atom stereocenters. The summed E-state index contributed by atoms with van der Waals surface area (Å²) < 4.78 is 0. The van der Waals surface area contributed by atoms with Gasteiger partial charge >= 0.3 is 0 Å². The van der Waals surface area contributed by atoms with Gasteiger partial charge in [-0.15, -0.1) is 11.3 Å². The Morgan fingerprint density at radius 1 is 1.19 bits per heavy atom. The van der Waals surface area contributed by atoms with Gasteiger partial charge in [0.15, 0.2) is 0 Å². The fraction of sp³-hybridized carbons (Fsp3) is 0.438. The molecule has 5 heteroatoms. The second-order valence-corrected chi connectivity index (χ2v) is 7.71. The summed E-state index contributed by atoms with van der Waals surface area (Å²) in [5.41, 5.74) is 2.25. The number of hydrogen-bond acceptors (Lipinski definition) is 3. The molecule has 0 radical (unpaired) electrons. The van der Waals surface area contributed by atoms with Gasteiger partial charge in [-0.2, -0.15) is 0 Å². The van der Waals surface area contributed by atoms with Crippen LogP contribution in [0.2, 0.25) is 10.0 Å². The lowest BCUT2D eigenvalue weighted by Gasteiger charge is -2.19. The molecule has 2 nitrogen and oxygen atoms in total. The number of fused-ring (bicyclic) bond motifs is 1. The Balaban J connectivity index is 1.76. The predicted molar refractivity (Wildman–Crippen MR) is 88.6 cm³/mol. The molecule has 2 aliphatic carbocycles. The molecule has 0 amide bonds. The van der Waals surface area contributed by atoms with Crippen molar-refractivity contribution < 1.29 is 0 Å².